The monoisotopic (exact) mass is 177 g/mol. The quantitative estimate of drug-likeness (QED) is 0.568. The third kappa shape index (κ3) is 3.08. The minimum absolute atomic E-state index is 0.00116. The van der Waals surface area contributed by atoms with Crippen LogP contribution in [-0.4, -0.2) is 36.6 Å². The van der Waals surface area contributed by atoms with Crippen molar-refractivity contribution < 1.29 is 9.53 Å². The van der Waals surface area contributed by atoms with E-state index < -0.39 is 5.43 Å². The summed E-state index contributed by atoms with van der Waals surface area (Å²) in [6.07, 6.45) is 2.01. The van der Waals surface area contributed by atoms with Gasteiger partial charge in [0.05, 0.1) is 0 Å². The molecule has 0 aromatic heterocycles. The van der Waals surface area contributed by atoms with E-state index in [9.17, 15) is 4.79 Å². The molecule has 0 amide bonds. The van der Waals surface area contributed by atoms with E-state index in [0.29, 0.717) is 0 Å². The molecule has 3 nitrogen and oxygen atoms in total. The first-order valence-electron chi connectivity index (χ1n) is 3.73. The third-order valence-corrected chi connectivity index (χ3v) is 1.93. The van der Waals surface area contributed by atoms with Gasteiger partial charge in [0.2, 0.25) is 0 Å². The first-order chi connectivity index (χ1) is 5.18. The Kier molecular flexibility index (Phi) is 3.15. The van der Waals surface area contributed by atoms with Crippen LogP contribution in [0.3, 0.4) is 0 Å². The minimum Gasteiger partial charge on any atom is -0.449 e. The van der Waals surface area contributed by atoms with Gasteiger partial charge in [-0.3, -0.25) is 0 Å². The number of halogens is 1. The molecule has 1 rings (SSSR count). The number of piperidine rings is 1. The van der Waals surface area contributed by atoms with Crippen LogP contribution in [0.15, 0.2) is 0 Å². The molecule has 0 spiro atoms. The largest absolute Gasteiger partial charge is 0.449 e. The minimum atomic E-state index is -0.690. The fourth-order valence-corrected chi connectivity index (χ4v) is 1.47. The van der Waals surface area contributed by atoms with Gasteiger partial charge in [0.25, 0.3) is 0 Å². The smallest absolute Gasteiger partial charge is 0.404 e. The molecule has 11 heavy (non-hydrogen) atoms. The zero-order valence-corrected chi connectivity index (χ0v) is 7.30. The van der Waals surface area contributed by atoms with E-state index in [4.69, 9.17) is 16.3 Å². The van der Waals surface area contributed by atoms with Gasteiger partial charge in [0.1, 0.15) is 6.10 Å². The fraction of sp³-hybridized carbons (Fsp3) is 0.857. The van der Waals surface area contributed by atoms with Crippen molar-refractivity contribution in [1.82, 2.24) is 4.90 Å². The molecular formula is C7H12ClNO2. The molecule has 0 saturated carbocycles. The van der Waals surface area contributed by atoms with Gasteiger partial charge in [-0.05, 0) is 26.4 Å². The molecular weight excluding hydrogens is 166 g/mol. The van der Waals surface area contributed by atoms with Gasteiger partial charge in [0.15, 0.2) is 0 Å². The number of carbonyl (C=O) groups is 1. The highest BCUT2D eigenvalue weighted by molar-refractivity contribution is 6.61. The van der Waals surface area contributed by atoms with Crippen molar-refractivity contribution in [3.8, 4) is 0 Å². The molecule has 1 heterocycles. The average molecular weight is 178 g/mol. The van der Waals surface area contributed by atoms with Crippen molar-refractivity contribution >= 4 is 17.0 Å². The van der Waals surface area contributed by atoms with Crippen molar-refractivity contribution in [2.24, 2.45) is 0 Å². The molecule has 1 unspecified atom stereocenters. The van der Waals surface area contributed by atoms with Gasteiger partial charge in [-0.25, -0.2) is 4.79 Å². The molecule has 1 fully saturated rings. The summed E-state index contributed by atoms with van der Waals surface area (Å²) in [5.41, 5.74) is -0.690. The topological polar surface area (TPSA) is 29.5 Å². The molecule has 0 N–H and O–H groups in total. The first-order valence-corrected chi connectivity index (χ1v) is 4.11. The molecule has 0 radical (unpaired) electrons. The highest BCUT2D eigenvalue weighted by atomic mass is 35.5. The van der Waals surface area contributed by atoms with Crippen molar-refractivity contribution in [2.45, 2.75) is 18.9 Å². The van der Waals surface area contributed by atoms with Crippen molar-refractivity contribution in [3.05, 3.63) is 0 Å². The molecule has 1 aliphatic heterocycles. The maximum atomic E-state index is 10.3. The van der Waals surface area contributed by atoms with Crippen molar-refractivity contribution in [1.29, 1.82) is 0 Å². The van der Waals surface area contributed by atoms with Crippen LogP contribution in [0.25, 0.3) is 0 Å². The van der Waals surface area contributed by atoms with Crippen LogP contribution in [0, 0.1) is 0 Å². The molecule has 0 aliphatic carbocycles. The Bertz CT molecular complexity index is 151. The maximum absolute atomic E-state index is 10.3. The zero-order valence-electron chi connectivity index (χ0n) is 6.55. The molecule has 0 aromatic rings. The van der Waals surface area contributed by atoms with Crippen LogP contribution >= 0.6 is 11.6 Å². The second kappa shape index (κ2) is 3.93. The molecule has 1 atom stereocenters. The summed E-state index contributed by atoms with van der Waals surface area (Å²) in [6, 6.07) is 0. The molecule has 1 aliphatic rings. The lowest BCUT2D eigenvalue weighted by Gasteiger charge is -2.28. The van der Waals surface area contributed by atoms with Crippen LogP contribution in [0.4, 0.5) is 4.79 Å². The van der Waals surface area contributed by atoms with Gasteiger partial charge < -0.3 is 9.64 Å². The third-order valence-electron chi connectivity index (χ3n) is 1.84. The van der Waals surface area contributed by atoms with Crippen LogP contribution in [0.5, 0.6) is 0 Å². The summed E-state index contributed by atoms with van der Waals surface area (Å²) in [6.45, 7) is 1.88. The second-order valence-electron chi connectivity index (χ2n) is 2.88. The SMILES string of the molecule is CN1CCCC(OC(=O)Cl)C1. The lowest BCUT2D eigenvalue weighted by molar-refractivity contribution is 0.0661. The van der Waals surface area contributed by atoms with Crippen LogP contribution in [0.2, 0.25) is 0 Å². The Morgan fingerprint density at radius 1 is 1.73 bits per heavy atom. The number of likely N-dealkylation sites (N-methyl/N-ethyl adjacent to an activating group) is 1. The van der Waals surface area contributed by atoms with Crippen LogP contribution in [-0.2, 0) is 4.74 Å². The summed E-state index contributed by atoms with van der Waals surface area (Å²) in [5, 5.41) is 0. The summed E-state index contributed by atoms with van der Waals surface area (Å²) < 4.78 is 4.85. The Hall–Kier alpha value is -0.280. The number of rotatable bonds is 1. The Balaban J connectivity index is 2.28. The standard InChI is InChI=1S/C7H12ClNO2/c1-9-4-2-3-6(5-9)11-7(8)10/h6H,2-5H2,1H3. The highest BCUT2D eigenvalue weighted by Crippen LogP contribution is 2.12. The maximum Gasteiger partial charge on any atom is 0.404 e. The van der Waals surface area contributed by atoms with Gasteiger partial charge >= 0.3 is 5.43 Å². The molecule has 64 valence electrons. The van der Waals surface area contributed by atoms with Crippen molar-refractivity contribution in [2.75, 3.05) is 20.1 Å². The molecule has 0 aromatic carbocycles. The van der Waals surface area contributed by atoms with E-state index in [-0.39, 0.29) is 6.10 Å². The Morgan fingerprint density at radius 2 is 2.45 bits per heavy atom. The summed E-state index contributed by atoms with van der Waals surface area (Å²) in [7, 11) is 2.01. The Morgan fingerprint density at radius 3 is 3.00 bits per heavy atom. The van der Waals surface area contributed by atoms with Crippen LogP contribution in [0.1, 0.15) is 12.8 Å². The number of hydrogen-bond donors (Lipinski definition) is 0. The van der Waals surface area contributed by atoms with Crippen LogP contribution < -0.4 is 0 Å². The van der Waals surface area contributed by atoms with Crippen molar-refractivity contribution in [3.63, 3.8) is 0 Å². The average Bonchev–Trinajstić information content (AvgIpc) is 1.85. The zero-order chi connectivity index (χ0) is 8.27. The lowest BCUT2D eigenvalue weighted by atomic mass is 10.1. The number of hydrogen-bond acceptors (Lipinski definition) is 3. The molecule has 4 heteroatoms. The van der Waals surface area contributed by atoms with Gasteiger partial charge in [-0.15, -0.1) is 0 Å². The van der Waals surface area contributed by atoms with E-state index in [2.05, 4.69) is 4.90 Å². The van der Waals surface area contributed by atoms with Gasteiger partial charge in [-0.1, -0.05) is 0 Å². The normalized spacial score (nSPS) is 26.5. The molecule has 1 saturated heterocycles. The number of carbonyl (C=O) groups excluding carboxylic acids is 1. The van der Waals surface area contributed by atoms with E-state index in [0.717, 1.165) is 25.9 Å². The predicted molar refractivity (Wildman–Crippen MR) is 42.9 cm³/mol. The first kappa shape index (κ1) is 8.81. The number of likely N-dealkylation sites (tertiary alicyclic amines) is 1. The van der Waals surface area contributed by atoms with E-state index in [1.54, 1.807) is 0 Å². The predicted octanol–water partition coefficient (Wildman–Crippen LogP) is 1.46. The van der Waals surface area contributed by atoms with E-state index >= 15 is 0 Å². The second-order valence-corrected chi connectivity index (χ2v) is 3.19. The summed E-state index contributed by atoms with van der Waals surface area (Å²) in [4.78, 5) is 12.5. The van der Waals surface area contributed by atoms with E-state index in [1.807, 2.05) is 7.05 Å². The summed E-state index contributed by atoms with van der Waals surface area (Å²) in [5.74, 6) is 0. The van der Waals surface area contributed by atoms with Gasteiger partial charge in [0, 0.05) is 18.1 Å². The Labute approximate surface area is 71.3 Å². The highest BCUT2D eigenvalue weighted by Gasteiger charge is 2.19. The van der Waals surface area contributed by atoms with Gasteiger partial charge in [-0.2, -0.15) is 0 Å². The lowest BCUT2D eigenvalue weighted by Crippen LogP contribution is -2.37. The number of nitrogens with zero attached hydrogens (tertiary/aromatic N) is 1. The van der Waals surface area contributed by atoms with E-state index in [1.165, 1.54) is 0 Å². The molecule has 0 bridgehead atoms. The number of ether oxygens (including phenoxy) is 1. The fourth-order valence-electron chi connectivity index (χ4n) is 1.35. The summed E-state index contributed by atoms with van der Waals surface area (Å²) >= 11 is 5.08.